The van der Waals surface area contributed by atoms with Crippen LogP contribution in [0.5, 0.6) is 5.75 Å². The molecule has 1 heterocycles. The molecule has 1 aliphatic rings. The van der Waals surface area contributed by atoms with E-state index in [4.69, 9.17) is 22.7 Å². The Morgan fingerprint density at radius 3 is 2.91 bits per heavy atom. The molecule has 1 aliphatic heterocycles. The van der Waals surface area contributed by atoms with Gasteiger partial charge in [0.2, 0.25) is 0 Å². The van der Waals surface area contributed by atoms with Crippen molar-refractivity contribution in [3.8, 4) is 5.75 Å². The second kappa shape index (κ2) is 8.70. The van der Waals surface area contributed by atoms with Gasteiger partial charge >= 0.3 is 0 Å². The van der Waals surface area contributed by atoms with E-state index in [2.05, 4.69) is 28.4 Å². The maximum absolute atomic E-state index is 5.87. The molecule has 3 N–H and O–H groups in total. The number of likely N-dealkylation sites (tertiary alicyclic amines) is 1. The van der Waals surface area contributed by atoms with Gasteiger partial charge < -0.3 is 10.5 Å². The average Bonchev–Trinajstić information content (AvgIpc) is 2.99. The van der Waals surface area contributed by atoms with Gasteiger partial charge in [-0.1, -0.05) is 6.92 Å². The van der Waals surface area contributed by atoms with E-state index in [-0.39, 0.29) is 5.11 Å². The van der Waals surface area contributed by atoms with Crippen molar-refractivity contribution in [1.82, 2.24) is 10.3 Å². The number of rotatable bonds is 7. The summed E-state index contributed by atoms with van der Waals surface area (Å²) in [6.45, 7) is 6.10. The molecule has 120 valence electrons. The van der Waals surface area contributed by atoms with E-state index >= 15 is 0 Å². The fourth-order valence-corrected chi connectivity index (χ4v) is 2.56. The molecule has 0 aromatic heterocycles. The largest absolute Gasteiger partial charge is 0.493 e. The van der Waals surface area contributed by atoms with Crippen LogP contribution in [0.1, 0.15) is 37.3 Å². The monoisotopic (exact) mass is 320 g/mol. The van der Waals surface area contributed by atoms with E-state index in [9.17, 15) is 0 Å². The summed E-state index contributed by atoms with van der Waals surface area (Å²) in [5, 5.41) is 4.17. The zero-order valence-electron chi connectivity index (χ0n) is 13.0. The molecular formula is C16H24N4OS. The van der Waals surface area contributed by atoms with Crippen LogP contribution >= 0.6 is 12.2 Å². The van der Waals surface area contributed by atoms with Gasteiger partial charge in [-0.15, -0.1) is 0 Å². The fourth-order valence-electron chi connectivity index (χ4n) is 2.51. The second-order valence-electron chi connectivity index (χ2n) is 5.43. The van der Waals surface area contributed by atoms with Crippen LogP contribution in [0.3, 0.4) is 0 Å². The minimum absolute atomic E-state index is 0.163. The Balaban J connectivity index is 2.12. The molecule has 1 aromatic carbocycles. The van der Waals surface area contributed by atoms with Gasteiger partial charge in [0.1, 0.15) is 5.75 Å². The number of nitrogens with zero attached hydrogens (tertiary/aromatic N) is 2. The van der Waals surface area contributed by atoms with Crippen LogP contribution in [0.2, 0.25) is 0 Å². The van der Waals surface area contributed by atoms with Crippen molar-refractivity contribution in [2.24, 2.45) is 10.8 Å². The third kappa shape index (κ3) is 5.27. The van der Waals surface area contributed by atoms with Gasteiger partial charge in [0.25, 0.3) is 0 Å². The van der Waals surface area contributed by atoms with Crippen molar-refractivity contribution in [1.29, 1.82) is 0 Å². The number of hydrogen-bond acceptors (Lipinski definition) is 4. The van der Waals surface area contributed by atoms with Crippen molar-refractivity contribution < 1.29 is 4.74 Å². The Bertz CT molecular complexity index is 527. The molecule has 1 saturated heterocycles. The molecule has 0 unspecified atom stereocenters. The molecule has 0 amide bonds. The smallest absolute Gasteiger partial charge is 0.184 e. The highest BCUT2D eigenvalue weighted by Gasteiger charge is 2.14. The Kier molecular flexibility index (Phi) is 6.61. The third-order valence-corrected chi connectivity index (χ3v) is 3.62. The molecule has 22 heavy (non-hydrogen) atoms. The van der Waals surface area contributed by atoms with Gasteiger partial charge in [-0.05, 0) is 68.3 Å². The first-order chi connectivity index (χ1) is 10.7. The Morgan fingerprint density at radius 1 is 1.45 bits per heavy atom. The number of benzene rings is 1. The highest BCUT2D eigenvalue weighted by Crippen LogP contribution is 2.23. The maximum atomic E-state index is 5.87. The molecule has 1 fully saturated rings. The van der Waals surface area contributed by atoms with E-state index in [1.807, 2.05) is 12.1 Å². The summed E-state index contributed by atoms with van der Waals surface area (Å²) in [6.07, 6.45) is 5.29. The lowest BCUT2D eigenvalue weighted by Gasteiger charge is -2.18. The molecule has 0 spiro atoms. The van der Waals surface area contributed by atoms with Gasteiger partial charge in [-0.25, -0.2) is 0 Å². The first-order valence-electron chi connectivity index (χ1n) is 7.75. The van der Waals surface area contributed by atoms with Gasteiger partial charge in [0.15, 0.2) is 5.11 Å². The van der Waals surface area contributed by atoms with Crippen LogP contribution in [0.25, 0.3) is 0 Å². The van der Waals surface area contributed by atoms with E-state index in [0.717, 1.165) is 44.0 Å². The quantitative estimate of drug-likeness (QED) is 0.458. The summed E-state index contributed by atoms with van der Waals surface area (Å²) in [6, 6.07) is 6.13. The molecule has 0 aliphatic carbocycles. The summed E-state index contributed by atoms with van der Waals surface area (Å²) in [5.41, 5.74) is 10.1. The molecule has 6 heteroatoms. The highest BCUT2D eigenvalue weighted by atomic mass is 32.1. The summed E-state index contributed by atoms with van der Waals surface area (Å²) in [7, 11) is 0. The summed E-state index contributed by atoms with van der Waals surface area (Å²) in [5.74, 6) is 0.966. The lowest BCUT2D eigenvalue weighted by Crippen LogP contribution is -2.24. The van der Waals surface area contributed by atoms with Crippen molar-refractivity contribution in [2.45, 2.75) is 32.7 Å². The molecule has 0 radical (unpaired) electrons. The first kappa shape index (κ1) is 16.7. The molecule has 0 saturated carbocycles. The topological polar surface area (TPSA) is 62.9 Å². The standard InChI is InChI=1S/C16H24N4OS/c1-2-9-21-15-6-5-13(11-18-19-16(17)22)10-14(15)12-20-7-3-4-8-20/h5-6,10-11H,2-4,7-9,12H2,1H3,(H3,17,19,22). The highest BCUT2D eigenvalue weighted by molar-refractivity contribution is 7.80. The van der Waals surface area contributed by atoms with Gasteiger partial charge in [-0.2, -0.15) is 5.10 Å². The Hall–Kier alpha value is -1.66. The van der Waals surface area contributed by atoms with E-state index < -0.39 is 0 Å². The molecular weight excluding hydrogens is 296 g/mol. The summed E-state index contributed by atoms with van der Waals surface area (Å²) >= 11 is 4.73. The fraction of sp³-hybridized carbons (Fsp3) is 0.500. The van der Waals surface area contributed by atoms with Gasteiger partial charge in [0, 0.05) is 12.1 Å². The number of ether oxygens (including phenoxy) is 1. The van der Waals surface area contributed by atoms with Crippen LogP contribution in [-0.4, -0.2) is 35.9 Å². The predicted molar refractivity (Wildman–Crippen MR) is 94.3 cm³/mol. The van der Waals surface area contributed by atoms with Gasteiger partial charge in [-0.3, -0.25) is 10.3 Å². The number of nitrogens with two attached hydrogens (primary N) is 1. The molecule has 1 aromatic rings. The molecule has 5 nitrogen and oxygen atoms in total. The summed E-state index contributed by atoms with van der Waals surface area (Å²) < 4.78 is 5.87. The van der Waals surface area contributed by atoms with Crippen molar-refractivity contribution in [2.75, 3.05) is 19.7 Å². The van der Waals surface area contributed by atoms with E-state index in [0.29, 0.717) is 0 Å². The van der Waals surface area contributed by atoms with Gasteiger partial charge in [0.05, 0.1) is 12.8 Å². The lowest BCUT2D eigenvalue weighted by molar-refractivity contribution is 0.293. The lowest BCUT2D eigenvalue weighted by atomic mass is 10.1. The van der Waals surface area contributed by atoms with Crippen LogP contribution in [0.4, 0.5) is 0 Å². The predicted octanol–water partition coefficient (Wildman–Crippen LogP) is 2.24. The number of thiocarbonyl (C=S) groups is 1. The molecule has 2 rings (SSSR count). The number of nitrogens with one attached hydrogen (secondary N) is 1. The van der Waals surface area contributed by atoms with Crippen LogP contribution in [0, 0.1) is 0 Å². The van der Waals surface area contributed by atoms with E-state index in [1.54, 1.807) is 6.21 Å². The molecule has 0 atom stereocenters. The minimum atomic E-state index is 0.163. The SMILES string of the molecule is CCCOc1ccc(C=NNC(N)=S)cc1CN1CCCC1. The molecule has 0 bridgehead atoms. The van der Waals surface area contributed by atoms with Crippen LogP contribution in [-0.2, 0) is 6.54 Å². The van der Waals surface area contributed by atoms with Crippen molar-refractivity contribution in [3.63, 3.8) is 0 Å². The average molecular weight is 320 g/mol. The number of hydrazone groups is 1. The zero-order chi connectivity index (χ0) is 15.8. The normalized spacial score (nSPS) is 15.3. The maximum Gasteiger partial charge on any atom is 0.184 e. The Labute approximate surface area is 137 Å². The van der Waals surface area contributed by atoms with E-state index in [1.165, 1.54) is 18.4 Å². The second-order valence-corrected chi connectivity index (χ2v) is 5.87. The van der Waals surface area contributed by atoms with Crippen LogP contribution in [0.15, 0.2) is 23.3 Å². The minimum Gasteiger partial charge on any atom is -0.493 e. The summed E-state index contributed by atoms with van der Waals surface area (Å²) in [4.78, 5) is 2.46. The third-order valence-electron chi connectivity index (χ3n) is 3.53. The van der Waals surface area contributed by atoms with Crippen molar-refractivity contribution >= 4 is 23.5 Å². The zero-order valence-corrected chi connectivity index (χ0v) is 13.9. The van der Waals surface area contributed by atoms with Crippen molar-refractivity contribution in [3.05, 3.63) is 29.3 Å². The number of hydrogen-bond donors (Lipinski definition) is 2. The van der Waals surface area contributed by atoms with Crippen LogP contribution < -0.4 is 15.9 Å². The Morgan fingerprint density at radius 2 is 2.23 bits per heavy atom. The first-order valence-corrected chi connectivity index (χ1v) is 8.16.